The first-order valence-corrected chi connectivity index (χ1v) is 9.95. The lowest BCUT2D eigenvalue weighted by Crippen LogP contribution is -2.44. The van der Waals surface area contributed by atoms with Crippen LogP contribution in [0.3, 0.4) is 0 Å². The van der Waals surface area contributed by atoms with Gasteiger partial charge in [-0.1, -0.05) is 41.9 Å². The van der Waals surface area contributed by atoms with E-state index < -0.39 is 0 Å². The van der Waals surface area contributed by atoms with E-state index in [1.165, 1.54) is 18.4 Å². The highest BCUT2D eigenvalue weighted by Gasteiger charge is 2.48. The molecule has 2 fully saturated rings. The molecule has 2 unspecified atom stereocenters. The molecule has 0 radical (unpaired) electrons. The lowest BCUT2D eigenvalue weighted by Gasteiger charge is -2.41. The summed E-state index contributed by atoms with van der Waals surface area (Å²) in [5.74, 6) is 1.94. The van der Waals surface area contributed by atoms with Gasteiger partial charge in [-0.15, -0.1) is 10.2 Å². The summed E-state index contributed by atoms with van der Waals surface area (Å²) in [6, 6.07) is 19.3. The number of aromatic nitrogens is 2. The number of halogens is 1. The molecule has 0 N–H and O–H groups in total. The highest BCUT2D eigenvalue weighted by Crippen LogP contribution is 2.50. The molecule has 1 aromatic heterocycles. The van der Waals surface area contributed by atoms with Crippen molar-refractivity contribution in [2.24, 2.45) is 0 Å². The zero-order valence-electron chi connectivity index (χ0n) is 15.3. The van der Waals surface area contributed by atoms with Gasteiger partial charge < -0.3 is 4.42 Å². The van der Waals surface area contributed by atoms with E-state index in [-0.39, 0.29) is 5.92 Å². The Morgan fingerprint density at radius 2 is 1.78 bits per heavy atom. The third kappa shape index (κ3) is 2.97. The molecule has 3 heterocycles. The molecule has 0 spiro atoms. The van der Waals surface area contributed by atoms with E-state index in [1.54, 1.807) is 0 Å². The van der Waals surface area contributed by atoms with Crippen LogP contribution < -0.4 is 0 Å². The fraction of sp³-hybridized carbons (Fsp3) is 0.364. The van der Waals surface area contributed by atoms with Gasteiger partial charge in [0, 0.05) is 22.7 Å². The fourth-order valence-electron chi connectivity index (χ4n) is 4.92. The minimum absolute atomic E-state index is 0.208. The average molecular weight is 380 g/mol. The zero-order valence-corrected chi connectivity index (χ0v) is 16.0. The van der Waals surface area contributed by atoms with Crippen LogP contribution in [-0.4, -0.2) is 34.2 Å². The number of likely N-dealkylation sites (N-methyl/N-ethyl adjacent to an activating group) is 1. The van der Waals surface area contributed by atoms with Crippen LogP contribution in [0.2, 0.25) is 5.02 Å². The highest BCUT2D eigenvalue weighted by molar-refractivity contribution is 6.30. The summed E-state index contributed by atoms with van der Waals surface area (Å²) >= 11 is 6.12. The number of hydrogen-bond acceptors (Lipinski definition) is 4. The quantitative estimate of drug-likeness (QED) is 0.633. The average Bonchev–Trinajstić information content (AvgIpc) is 3.26. The van der Waals surface area contributed by atoms with Gasteiger partial charge in [0.15, 0.2) is 0 Å². The van der Waals surface area contributed by atoms with Gasteiger partial charge in [-0.25, -0.2) is 0 Å². The van der Waals surface area contributed by atoms with E-state index in [4.69, 9.17) is 16.0 Å². The summed E-state index contributed by atoms with van der Waals surface area (Å²) in [5.41, 5.74) is 2.28. The Morgan fingerprint density at radius 1 is 1.00 bits per heavy atom. The third-order valence-electron chi connectivity index (χ3n) is 6.31. The molecule has 2 aromatic carbocycles. The molecule has 0 amide bonds. The number of nitrogens with zero attached hydrogens (tertiary/aromatic N) is 3. The summed E-state index contributed by atoms with van der Waals surface area (Å²) in [6.45, 7) is 0. The first-order valence-electron chi connectivity index (χ1n) is 9.57. The predicted molar refractivity (Wildman–Crippen MR) is 106 cm³/mol. The second kappa shape index (κ2) is 6.77. The second-order valence-electron chi connectivity index (χ2n) is 7.69. The zero-order chi connectivity index (χ0) is 18.4. The SMILES string of the molecule is CN1C2CCC1[C@H](c1nnc(-c3ccccc3)o1)[C@@H](c1ccc(Cl)cc1)C2. The van der Waals surface area contributed by atoms with Crippen molar-refractivity contribution in [2.75, 3.05) is 7.05 Å². The van der Waals surface area contributed by atoms with Crippen LogP contribution >= 0.6 is 11.6 Å². The van der Waals surface area contributed by atoms with E-state index in [0.717, 1.165) is 22.9 Å². The lowest BCUT2D eigenvalue weighted by molar-refractivity contribution is 0.124. The molecule has 2 aliphatic heterocycles. The molecule has 2 bridgehead atoms. The number of hydrogen-bond donors (Lipinski definition) is 0. The van der Waals surface area contributed by atoms with Gasteiger partial charge in [0.05, 0.1) is 5.92 Å². The van der Waals surface area contributed by atoms with Crippen molar-refractivity contribution < 1.29 is 4.42 Å². The monoisotopic (exact) mass is 379 g/mol. The van der Waals surface area contributed by atoms with Crippen molar-refractivity contribution in [3.63, 3.8) is 0 Å². The summed E-state index contributed by atoms with van der Waals surface area (Å²) in [7, 11) is 2.24. The van der Waals surface area contributed by atoms with Gasteiger partial charge in [-0.2, -0.15) is 0 Å². The van der Waals surface area contributed by atoms with Crippen LogP contribution in [0.4, 0.5) is 0 Å². The highest BCUT2D eigenvalue weighted by atomic mass is 35.5. The second-order valence-corrected chi connectivity index (χ2v) is 8.13. The summed E-state index contributed by atoms with van der Waals surface area (Å²) < 4.78 is 6.21. The molecule has 0 saturated carbocycles. The number of piperidine rings is 1. The smallest absolute Gasteiger partial charge is 0.247 e. The Morgan fingerprint density at radius 3 is 2.56 bits per heavy atom. The largest absolute Gasteiger partial charge is 0.420 e. The number of benzene rings is 2. The molecule has 2 aliphatic rings. The van der Waals surface area contributed by atoms with Gasteiger partial charge in [0.25, 0.3) is 0 Å². The summed E-state index contributed by atoms with van der Waals surface area (Å²) in [5, 5.41) is 9.62. The molecule has 3 aromatic rings. The fourth-order valence-corrected chi connectivity index (χ4v) is 5.05. The molecule has 5 rings (SSSR count). The van der Waals surface area contributed by atoms with Crippen LogP contribution in [0.15, 0.2) is 59.0 Å². The van der Waals surface area contributed by atoms with E-state index in [1.807, 2.05) is 42.5 Å². The topological polar surface area (TPSA) is 42.2 Å². The van der Waals surface area contributed by atoms with Crippen LogP contribution in [0.5, 0.6) is 0 Å². The first kappa shape index (κ1) is 17.0. The Hall–Kier alpha value is -2.17. The Kier molecular flexibility index (Phi) is 4.25. The van der Waals surface area contributed by atoms with Crippen molar-refractivity contribution in [3.8, 4) is 11.5 Å². The van der Waals surface area contributed by atoms with E-state index >= 15 is 0 Å². The van der Waals surface area contributed by atoms with E-state index in [9.17, 15) is 0 Å². The van der Waals surface area contributed by atoms with Gasteiger partial charge >= 0.3 is 0 Å². The Balaban J connectivity index is 1.54. The molecule has 138 valence electrons. The maximum absolute atomic E-state index is 6.21. The van der Waals surface area contributed by atoms with Gasteiger partial charge in [-0.3, -0.25) is 4.90 Å². The molecule has 4 nitrogen and oxygen atoms in total. The molecular weight excluding hydrogens is 358 g/mol. The molecule has 4 atom stereocenters. The van der Waals surface area contributed by atoms with Crippen molar-refractivity contribution >= 4 is 11.6 Å². The molecule has 5 heteroatoms. The van der Waals surface area contributed by atoms with Crippen LogP contribution in [-0.2, 0) is 0 Å². The van der Waals surface area contributed by atoms with Crippen LogP contribution in [0.25, 0.3) is 11.5 Å². The van der Waals surface area contributed by atoms with Crippen LogP contribution in [0.1, 0.15) is 42.6 Å². The van der Waals surface area contributed by atoms with Gasteiger partial charge in [-0.05, 0) is 62.1 Å². The number of rotatable bonds is 3. The maximum atomic E-state index is 6.21. The molecular formula is C22H22ClN3O. The predicted octanol–water partition coefficient (Wildman–Crippen LogP) is 5.12. The van der Waals surface area contributed by atoms with Crippen LogP contribution in [0, 0.1) is 0 Å². The first-order chi connectivity index (χ1) is 13.2. The van der Waals surface area contributed by atoms with Crippen molar-refractivity contribution in [1.29, 1.82) is 0 Å². The summed E-state index contributed by atoms with van der Waals surface area (Å²) in [4.78, 5) is 2.52. The molecule has 0 aliphatic carbocycles. The van der Waals surface area contributed by atoms with E-state index in [2.05, 4.69) is 34.3 Å². The van der Waals surface area contributed by atoms with Gasteiger partial charge in [0.2, 0.25) is 11.8 Å². The molecule has 2 saturated heterocycles. The number of fused-ring (bicyclic) bond motifs is 2. The standard InChI is InChI=1S/C22H22ClN3O/c1-26-17-11-12-19(26)20(18(13-17)14-7-9-16(23)10-8-14)22-25-24-21(27-22)15-5-3-2-4-6-15/h2-10,17-20H,11-13H2,1H3/t17?,18-,19?,20-/m1/s1. The van der Waals surface area contributed by atoms with Crippen molar-refractivity contribution in [3.05, 3.63) is 71.1 Å². The Labute approximate surface area is 164 Å². The Bertz CT molecular complexity index is 924. The van der Waals surface area contributed by atoms with Gasteiger partial charge in [0.1, 0.15) is 0 Å². The van der Waals surface area contributed by atoms with Crippen molar-refractivity contribution in [1.82, 2.24) is 15.1 Å². The third-order valence-corrected chi connectivity index (χ3v) is 6.57. The maximum Gasteiger partial charge on any atom is 0.247 e. The summed E-state index contributed by atoms with van der Waals surface area (Å²) in [6.07, 6.45) is 3.53. The molecule has 27 heavy (non-hydrogen) atoms. The minimum atomic E-state index is 0.208. The minimum Gasteiger partial charge on any atom is -0.420 e. The normalized spacial score (nSPS) is 27.8. The van der Waals surface area contributed by atoms with Crippen molar-refractivity contribution in [2.45, 2.75) is 43.2 Å². The van der Waals surface area contributed by atoms with E-state index in [0.29, 0.717) is 23.9 Å². The lowest BCUT2D eigenvalue weighted by atomic mass is 9.76.